The van der Waals surface area contributed by atoms with Gasteiger partial charge in [0.25, 0.3) is 0 Å². The third-order valence-electron chi connectivity index (χ3n) is 4.29. The number of rotatable bonds is 5. The average molecular weight is 361 g/mol. The zero-order valence-corrected chi connectivity index (χ0v) is 15.5. The molecule has 0 spiro atoms. The summed E-state index contributed by atoms with van der Waals surface area (Å²) in [4.78, 5) is 14.4. The van der Waals surface area contributed by atoms with E-state index >= 15 is 0 Å². The molecular weight excluding hydrogens is 338 g/mol. The molecule has 1 amide bonds. The summed E-state index contributed by atoms with van der Waals surface area (Å²) in [6, 6.07) is 5.83. The molecule has 0 atom stereocenters. The number of methoxy groups -OCH3 is 1. The molecule has 1 fully saturated rings. The summed E-state index contributed by atoms with van der Waals surface area (Å²) in [5.41, 5.74) is 1.86. The standard InChI is InChI=1S/C17H23N5O2S/c1-13-7-8-15(24-2)14(11-13)22-17(18-19-20-22)25-12-16(23)21-9-5-3-4-6-10-21/h7-8,11H,3-6,9-10,12H2,1-2H3. The van der Waals surface area contributed by atoms with Crippen LogP contribution in [-0.4, -0.2) is 57.0 Å². The fraction of sp³-hybridized carbons (Fsp3) is 0.529. The number of tetrazole rings is 1. The van der Waals surface area contributed by atoms with Gasteiger partial charge in [-0.1, -0.05) is 30.7 Å². The summed E-state index contributed by atoms with van der Waals surface area (Å²) in [5.74, 6) is 1.19. The van der Waals surface area contributed by atoms with E-state index in [2.05, 4.69) is 15.5 Å². The first-order valence-corrected chi connectivity index (χ1v) is 9.51. The minimum absolute atomic E-state index is 0.151. The minimum Gasteiger partial charge on any atom is -0.494 e. The Labute approximate surface area is 151 Å². The maximum absolute atomic E-state index is 12.5. The van der Waals surface area contributed by atoms with E-state index in [1.165, 1.54) is 24.6 Å². The Bertz CT molecular complexity index is 726. The van der Waals surface area contributed by atoms with Gasteiger partial charge in [-0.25, -0.2) is 0 Å². The van der Waals surface area contributed by atoms with Gasteiger partial charge in [0, 0.05) is 13.1 Å². The van der Waals surface area contributed by atoms with Crippen molar-refractivity contribution in [1.82, 2.24) is 25.1 Å². The van der Waals surface area contributed by atoms with E-state index in [1.54, 1.807) is 11.8 Å². The van der Waals surface area contributed by atoms with Crippen molar-refractivity contribution in [2.75, 3.05) is 26.0 Å². The van der Waals surface area contributed by atoms with Gasteiger partial charge in [-0.2, -0.15) is 4.68 Å². The summed E-state index contributed by atoms with van der Waals surface area (Å²) in [6.45, 7) is 3.72. The molecule has 3 rings (SSSR count). The van der Waals surface area contributed by atoms with Gasteiger partial charge in [-0.3, -0.25) is 4.79 Å². The number of benzene rings is 1. The number of hydrogen-bond acceptors (Lipinski definition) is 6. The van der Waals surface area contributed by atoms with Crippen molar-refractivity contribution < 1.29 is 9.53 Å². The molecule has 0 bridgehead atoms. The van der Waals surface area contributed by atoms with Gasteiger partial charge in [-0.15, -0.1) is 5.10 Å². The molecule has 0 N–H and O–H groups in total. The van der Waals surface area contributed by atoms with Crippen molar-refractivity contribution in [1.29, 1.82) is 0 Å². The lowest BCUT2D eigenvalue weighted by Gasteiger charge is -2.19. The van der Waals surface area contributed by atoms with Gasteiger partial charge in [0.2, 0.25) is 11.1 Å². The maximum Gasteiger partial charge on any atom is 0.233 e. The Morgan fingerprint density at radius 1 is 1.24 bits per heavy atom. The molecule has 1 aliphatic rings. The quantitative estimate of drug-likeness (QED) is 0.762. The van der Waals surface area contributed by atoms with Gasteiger partial charge < -0.3 is 9.64 Å². The van der Waals surface area contributed by atoms with Crippen LogP contribution in [0.15, 0.2) is 23.4 Å². The molecule has 134 valence electrons. The number of carbonyl (C=O) groups excluding carboxylic acids is 1. The van der Waals surface area contributed by atoms with E-state index < -0.39 is 0 Å². The predicted octanol–water partition coefficient (Wildman–Crippen LogP) is 2.47. The number of hydrogen-bond donors (Lipinski definition) is 0. The zero-order valence-electron chi connectivity index (χ0n) is 14.6. The lowest BCUT2D eigenvalue weighted by molar-refractivity contribution is -0.128. The van der Waals surface area contributed by atoms with Crippen LogP contribution in [0.4, 0.5) is 0 Å². The molecular formula is C17H23N5O2S. The summed E-state index contributed by atoms with van der Waals surface area (Å²) in [7, 11) is 1.62. The maximum atomic E-state index is 12.5. The Morgan fingerprint density at radius 2 is 2.00 bits per heavy atom. The fourth-order valence-corrected chi connectivity index (χ4v) is 3.71. The van der Waals surface area contributed by atoms with E-state index in [-0.39, 0.29) is 5.91 Å². The Morgan fingerprint density at radius 3 is 2.72 bits per heavy atom. The van der Waals surface area contributed by atoms with Crippen LogP contribution in [-0.2, 0) is 4.79 Å². The smallest absolute Gasteiger partial charge is 0.233 e. The van der Waals surface area contributed by atoms with Gasteiger partial charge in [-0.05, 0) is 47.9 Å². The SMILES string of the molecule is COc1ccc(C)cc1-n1nnnc1SCC(=O)N1CCCCCC1. The summed E-state index contributed by atoms with van der Waals surface area (Å²) < 4.78 is 7.04. The highest BCUT2D eigenvalue weighted by molar-refractivity contribution is 7.99. The number of carbonyl (C=O) groups is 1. The Kier molecular flexibility index (Phi) is 5.91. The van der Waals surface area contributed by atoms with E-state index in [0.29, 0.717) is 16.7 Å². The summed E-state index contributed by atoms with van der Waals surface area (Å²) >= 11 is 1.36. The van der Waals surface area contributed by atoms with Crippen LogP contribution in [0.5, 0.6) is 5.75 Å². The highest BCUT2D eigenvalue weighted by Gasteiger charge is 2.19. The van der Waals surface area contributed by atoms with Gasteiger partial charge in [0.1, 0.15) is 11.4 Å². The van der Waals surface area contributed by atoms with E-state index in [0.717, 1.165) is 37.2 Å². The number of aromatic nitrogens is 4. The second-order valence-electron chi connectivity index (χ2n) is 6.13. The number of ether oxygens (including phenoxy) is 1. The van der Waals surface area contributed by atoms with Crippen molar-refractivity contribution in [3.63, 3.8) is 0 Å². The Hall–Kier alpha value is -2.09. The molecule has 8 heteroatoms. The van der Waals surface area contributed by atoms with Crippen molar-refractivity contribution >= 4 is 17.7 Å². The monoisotopic (exact) mass is 361 g/mol. The van der Waals surface area contributed by atoms with Gasteiger partial charge in [0.15, 0.2) is 0 Å². The third kappa shape index (κ3) is 4.31. The molecule has 2 aromatic rings. The molecule has 0 radical (unpaired) electrons. The second-order valence-corrected chi connectivity index (χ2v) is 7.07. The van der Waals surface area contributed by atoms with Crippen molar-refractivity contribution in [2.45, 2.75) is 37.8 Å². The van der Waals surface area contributed by atoms with Crippen molar-refractivity contribution in [3.8, 4) is 11.4 Å². The van der Waals surface area contributed by atoms with Crippen molar-refractivity contribution in [2.24, 2.45) is 0 Å². The molecule has 1 saturated heterocycles. The lowest BCUT2D eigenvalue weighted by atomic mass is 10.2. The van der Waals surface area contributed by atoms with Gasteiger partial charge >= 0.3 is 0 Å². The van der Waals surface area contributed by atoms with Crippen LogP contribution in [0.25, 0.3) is 5.69 Å². The molecule has 25 heavy (non-hydrogen) atoms. The first kappa shape index (κ1) is 17.7. The van der Waals surface area contributed by atoms with Crippen molar-refractivity contribution in [3.05, 3.63) is 23.8 Å². The minimum atomic E-state index is 0.151. The summed E-state index contributed by atoms with van der Waals surface area (Å²) in [6.07, 6.45) is 4.61. The molecule has 0 saturated carbocycles. The molecule has 1 aliphatic heterocycles. The molecule has 0 aliphatic carbocycles. The normalized spacial score (nSPS) is 15.0. The number of likely N-dealkylation sites (tertiary alicyclic amines) is 1. The van der Waals surface area contributed by atoms with E-state index in [4.69, 9.17) is 4.74 Å². The van der Waals surface area contributed by atoms with E-state index in [9.17, 15) is 4.79 Å². The Balaban J connectivity index is 1.72. The fourth-order valence-electron chi connectivity index (χ4n) is 2.92. The molecule has 0 unspecified atom stereocenters. The number of nitrogens with zero attached hydrogens (tertiary/aromatic N) is 5. The number of amides is 1. The van der Waals surface area contributed by atoms with E-state index in [1.807, 2.05) is 30.0 Å². The third-order valence-corrected chi connectivity index (χ3v) is 5.19. The molecule has 2 heterocycles. The van der Waals surface area contributed by atoms with Crippen LogP contribution in [0.1, 0.15) is 31.2 Å². The summed E-state index contributed by atoms with van der Waals surface area (Å²) in [5, 5.41) is 12.5. The average Bonchev–Trinajstić information content (AvgIpc) is 2.91. The highest BCUT2D eigenvalue weighted by Crippen LogP contribution is 2.27. The van der Waals surface area contributed by atoms with Gasteiger partial charge in [0.05, 0.1) is 12.9 Å². The first-order chi connectivity index (χ1) is 12.2. The topological polar surface area (TPSA) is 73.1 Å². The molecule has 7 nitrogen and oxygen atoms in total. The molecule has 1 aromatic carbocycles. The predicted molar refractivity (Wildman–Crippen MR) is 96.2 cm³/mol. The van der Waals surface area contributed by atoms with Crippen LogP contribution < -0.4 is 4.74 Å². The molecule has 1 aromatic heterocycles. The number of thioether (sulfide) groups is 1. The van der Waals surface area contributed by atoms with Crippen LogP contribution in [0, 0.1) is 6.92 Å². The highest BCUT2D eigenvalue weighted by atomic mass is 32.2. The lowest BCUT2D eigenvalue weighted by Crippen LogP contribution is -2.33. The second kappa shape index (κ2) is 8.33. The zero-order chi connectivity index (χ0) is 17.6. The largest absolute Gasteiger partial charge is 0.494 e. The van der Waals surface area contributed by atoms with Crippen LogP contribution in [0.3, 0.4) is 0 Å². The number of aryl methyl sites for hydroxylation is 1. The first-order valence-electron chi connectivity index (χ1n) is 8.53. The van der Waals surface area contributed by atoms with Crippen LogP contribution in [0.2, 0.25) is 0 Å². The van der Waals surface area contributed by atoms with Crippen LogP contribution >= 0.6 is 11.8 Å².